The lowest BCUT2D eigenvalue weighted by Gasteiger charge is -2.22. The Morgan fingerprint density at radius 3 is 0.574 bits per heavy atom. The largest absolute Gasteiger partial charge is 0.319 e. The van der Waals surface area contributed by atoms with E-state index in [0.29, 0.717) is 13.2 Å². The van der Waals surface area contributed by atoms with Crippen molar-refractivity contribution in [3.8, 4) is 0 Å². The fourth-order valence-corrected chi connectivity index (χ4v) is 10.2. The zero-order chi connectivity index (χ0) is 49.2. The van der Waals surface area contributed by atoms with Crippen LogP contribution in [-0.2, 0) is 23.3 Å². The molecule has 0 atom stereocenters. The number of nitrogens with zero attached hydrogens (tertiary/aromatic N) is 2. The highest BCUT2D eigenvalue weighted by molar-refractivity contribution is 7.33. The second-order valence-corrected chi connectivity index (χ2v) is 22.1. The number of hydroxylamine groups is 4. The van der Waals surface area contributed by atoms with Crippen LogP contribution in [0, 0.1) is 0 Å². The third kappa shape index (κ3) is 56.9. The molecule has 0 aliphatic heterocycles. The van der Waals surface area contributed by atoms with Crippen molar-refractivity contribution in [2.75, 3.05) is 52.6 Å². The molecule has 68 heavy (non-hydrogen) atoms. The van der Waals surface area contributed by atoms with Crippen LogP contribution in [0.5, 0.6) is 0 Å². The van der Waals surface area contributed by atoms with E-state index in [1.807, 2.05) is 0 Å². The lowest BCUT2D eigenvalue weighted by Crippen LogP contribution is -2.28. The first-order valence-electron chi connectivity index (χ1n) is 31.2. The van der Waals surface area contributed by atoms with Crippen LogP contribution >= 0.6 is 8.25 Å². The van der Waals surface area contributed by atoms with Gasteiger partial charge in [0.15, 0.2) is 0 Å². The van der Waals surface area contributed by atoms with Crippen LogP contribution in [-0.4, -0.2) is 62.7 Å². The SMILES string of the molecule is CCCCCCCCCCCCCCN(CCCCCCCCCCCCCC)OCCO[PH](=O)OCCON(CCCCCCCCCCCCCC)CCCCCCCCCCCCCC. The van der Waals surface area contributed by atoms with E-state index >= 15 is 0 Å². The first-order valence-corrected chi connectivity index (χ1v) is 32.5. The molecule has 0 spiro atoms. The van der Waals surface area contributed by atoms with Gasteiger partial charge < -0.3 is 9.05 Å². The molecule has 0 saturated carbocycles. The van der Waals surface area contributed by atoms with E-state index in [1.54, 1.807) is 0 Å². The van der Waals surface area contributed by atoms with Gasteiger partial charge in [-0.05, 0) is 25.7 Å². The quantitative estimate of drug-likeness (QED) is 0.0342. The van der Waals surface area contributed by atoms with E-state index < -0.39 is 8.25 Å². The monoisotopic (exact) mass is 985 g/mol. The Kier molecular flexibility index (Phi) is 61.3. The van der Waals surface area contributed by atoms with Crippen LogP contribution in [0.4, 0.5) is 0 Å². The molecule has 0 saturated heterocycles. The van der Waals surface area contributed by atoms with Crippen molar-refractivity contribution in [1.82, 2.24) is 10.1 Å². The number of rotatable bonds is 62. The van der Waals surface area contributed by atoms with E-state index in [-0.39, 0.29) is 13.2 Å². The molecule has 0 rings (SSSR count). The number of hydrogen-bond acceptors (Lipinski definition) is 7. The summed E-state index contributed by atoms with van der Waals surface area (Å²) in [5.41, 5.74) is 0. The van der Waals surface area contributed by atoms with Crippen LogP contribution in [0.15, 0.2) is 0 Å². The predicted octanol–water partition coefficient (Wildman–Crippen LogP) is 20.7. The van der Waals surface area contributed by atoms with Gasteiger partial charge >= 0.3 is 8.25 Å². The van der Waals surface area contributed by atoms with Crippen molar-refractivity contribution >= 4 is 8.25 Å². The van der Waals surface area contributed by atoms with Crippen molar-refractivity contribution in [1.29, 1.82) is 0 Å². The van der Waals surface area contributed by atoms with E-state index in [9.17, 15) is 4.57 Å². The first kappa shape index (κ1) is 68.0. The van der Waals surface area contributed by atoms with Crippen LogP contribution in [0.2, 0.25) is 0 Å². The third-order valence-corrected chi connectivity index (χ3v) is 15.1. The van der Waals surface area contributed by atoms with Gasteiger partial charge in [0.1, 0.15) is 0 Å². The molecule has 0 unspecified atom stereocenters. The number of unbranched alkanes of at least 4 members (excludes halogenated alkanes) is 44. The van der Waals surface area contributed by atoms with Crippen molar-refractivity contribution < 1.29 is 23.3 Å². The highest BCUT2D eigenvalue weighted by Crippen LogP contribution is 2.23. The fraction of sp³-hybridized carbons (Fsp3) is 1.00. The molecular weight excluding hydrogens is 860 g/mol. The van der Waals surface area contributed by atoms with Crippen LogP contribution in [0.1, 0.15) is 336 Å². The lowest BCUT2D eigenvalue weighted by atomic mass is 10.0. The summed E-state index contributed by atoms with van der Waals surface area (Å²) < 4.78 is 24.0. The lowest BCUT2D eigenvalue weighted by molar-refractivity contribution is -0.168. The molecule has 0 aliphatic carbocycles. The molecule has 0 N–H and O–H groups in total. The molecule has 0 amide bonds. The molecule has 0 fully saturated rings. The molecule has 0 aliphatic rings. The molecule has 0 bridgehead atoms. The van der Waals surface area contributed by atoms with Crippen molar-refractivity contribution in [3.63, 3.8) is 0 Å². The maximum Gasteiger partial charge on any atom is 0.319 e. The van der Waals surface area contributed by atoms with Gasteiger partial charge in [-0.1, -0.05) is 310 Å². The average Bonchev–Trinajstić information content (AvgIpc) is 3.34. The Balaban J connectivity index is 4.54. The number of hydrogen-bond donors (Lipinski definition) is 0. The molecule has 0 heterocycles. The Labute approximate surface area is 428 Å². The Morgan fingerprint density at radius 1 is 0.235 bits per heavy atom. The molecule has 0 aromatic heterocycles. The van der Waals surface area contributed by atoms with Gasteiger partial charge in [0.25, 0.3) is 0 Å². The molecule has 0 radical (unpaired) electrons. The van der Waals surface area contributed by atoms with Crippen LogP contribution in [0.3, 0.4) is 0 Å². The maximum absolute atomic E-state index is 12.7. The normalized spacial score (nSPS) is 12.0. The van der Waals surface area contributed by atoms with Gasteiger partial charge in [0.2, 0.25) is 0 Å². The summed E-state index contributed by atoms with van der Waals surface area (Å²) in [6.07, 6.45) is 65.3. The standard InChI is InChI=1S/C60H125N2O5P/c1-5-9-13-17-21-25-29-33-37-41-45-49-53-61(54-50-46-42-38-34-30-26-22-18-14-10-6-2)64-57-59-66-68(63)67-60-58-65-62(55-51-47-43-39-35-31-27-23-19-15-11-7-3)56-52-48-44-40-36-32-28-24-20-16-12-8-4/h68H,5-60H2,1-4H3. The van der Waals surface area contributed by atoms with Gasteiger partial charge in [-0.25, -0.2) is 0 Å². The Morgan fingerprint density at radius 2 is 0.397 bits per heavy atom. The Bertz CT molecular complexity index is 804. The predicted molar refractivity (Wildman–Crippen MR) is 300 cm³/mol. The van der Waals surface area contributed by atoms with Gasteiger partial charge in [-0.15, -0.1) is 0 Å². The van der Waals surface area contributed by atoms with Gasteiger partial charge in [0.05, 0.1) is 26.4 Å². The fourth-order valence-electron chi connectivity index (χ4n) is 9.62. The second kappa shape index (κ2) is 61.3. The zero-order valence-electron chi connectivity index (χ0n) is 47.0. The highest BCUT2D eigenvalue weighted by atomic mass is 31.1. The van der Waals surface area contributed by atoms with Crippen LogP contribution < -0.4 is 0 Å². The summed E-state index contributed by atoms with van der Waals surface area (Å²) in [5, 5.41) is 4.34. The molecule has 8 heteroatoms. The average molecular weight is 986 g/mol. The van der Waals surface area contributed by atoms with Crippen molar-refractivity contribution in [2.24, 2.45) is 0 Å². The maximum atomic E-state index is 12.7. The van der Waals surface area contributed by atoms with Crippen LogP contribution in [0.25, 0.3) is 0 Å². The zero-order valence-corrected chi connectivity index (χ0v) is 48.0. The highest BCUT2D eigenvalue weighted by Gasteiger charge is 2.10. The molecule has 410 valence electrons. The summed E-state index contributed by atoms with van der Waals surface area (Å²) in [4.78, 5) is 12.5. The minimum Gasteiger partial charge on any atom is -0.308 e. The first-order chi connectivity index (χ1) is 33.7. The third-order valence-electron chi connectivity index (χ3n) is 14.2. The molecule has 0 aromatic rings. The van der Waals surface area contributed by atoms with E-state index in [1.165, 1.54) is 308 Å². The topological polar surface area (TPSA) is 60.5 Å². The minimum absolute atomic E-state index is 0.288. The minimum atomic E-state index is -2.59. The van der Waals surface area contributed by atoms with E-state index in [0.717, 1.165) is 26.2 Å². The van der Waals surface area contributed by atoms with Crippen molar-refractivity contribution in [2.45, 2.75) is 336 Å². The molecular formula is C60H125N2O5P. The summed E-state index contributed by atoms with van der Waals surface area (Å²) in [5.74, 6) is 0. The summed E-state index contributed by atoms with van der Waals surface area (Å²) in [7, 11) is -2.59. The van der Waals surface area contributed by atoms with Gasteiger partial charge in [-0.3, -0.25) is 14.2 Å². The molecule has 7 nitrogen and oxygen atoms in total. The van der Waals surface area contributed by atoms with Crippen molar-refractivity contribution in [3.05, 3.63) is 0 Å². The van der Waals surface area contributed by atoms with E-state index in [2.05, 4.69) is 37.8 Å². The van der Waals surface area contributed by atoms with Gasteiger partial charge in [-0.2, -0.15) is 10.1 Å². The van der Waals surface area contributed by atoms with E-state index in [4.69, 9.17) is 18.7 Å². The summed E-state index contributed by atoms with van der Waals surface area (Å²) in [6, 6.07) is 0. The smallest absolute Gasteiger partial charge is 0.308 e. The summed E-state index contributed by atoms with van der Waals surface area (Å²) >= 11 is 0. The summed E-state index contributed by atoms with van der Waals surface area (Å²) in [6.45, 7) is 14.5. The Hall–Kier alpha value is -0.0100. The second-order valence-electron chi connectivity index (χ2n) is 21.0. The van der Waals surface area contributed by atoms with Gasteiger partial charge in [0, 0.05) is 26.2 Å². The molecule has 0 aromatic carbocycles.